The van der Waals surface area contributed by atoms with Crippen LogP contribution >= 0.6 is 22.9 Å². The number of nitro benzene ring substituents is 1. The number of carbonyl (C=O) groups is 3. The van der Waals surface area contributed by atoms with Gasteiger partial charge in [-0.15, -0.1) is 11.3 Å². The maximum absolute atomic E-state index is 12.8. The molecule has 0 spiro atoms. The summed E-state index contributed by atoms with van der Waals surface area (Å²) in [5.41, 5.74) is 0.610. The summed E-state index contributed by atoms with van der Waals surface area (Å²) >= 11 is 6.74. The fraction of sp³-hybridized carbons (Fsp3) is 0.0952. The van der Waals surface area contributed by atoms with Gasteiger partial charge in [-0.3, -0.25) is 19.7 Å². The molecule has 1 heterocycles. The third-order valence-corrected chi connectivity index (χ3v) is 5.85. The minimum absolute atomic E-state index is 0.0215. The Balaban J connectivity index is 1.93. The summed E-state index contributed by atoms with van der Waals surface area (Å²) in [6.45, 7) is 1.56. The number of thiophene rings is 1. The van der Waals surface area contributed by atoms with Gasteiger partial charge in [0.1, 0.15) is 5.00 Å². The van der Waals surface area contributed by atoms with Crippen molar-refractivity contribution in [3.63, 3.8) is 0 Å². The number of ether oxygens (including phenoxy) is 1. The molecule has 0 radical (unpaired) electrons. The molecule has 2 amide bonds. The number of methoxy groups -OCH3 is 1. The van der Waals surface area contributed by atoms with E-state index < -0.39 is 22.7 Å². The van der Waals surface area contributed by atoms with Crippen molar-refractivity contribution in [1.82, 2.24) is 0 Å². The van der Waals surface area contributed by atoms with Gasteiger partial charge >= 0.3 is 5.97 Å². The molecule has 1 aromatic heterocycles. The molecule has 3 rings (SSSR count). The van der Waals surface area contributed by atoms with Crippen molar-refractivity contribution in [1.29, 1.82) is 0 Å². The zero-order valence-electron chi connectivity index (χ0n) is 16.8. The van der Waals surface area contributed by atoms with Crippen molar-refractivity contribution >= 4 is 57.1 Å². The molecular formula is C21H16ClN3O6S. The predicted octanol–water partition coefficient (Wildman–Crippen LogP) is 4.91. The van der Waals surface area contributed by atoms with Gasteiger partial charge in [0.05, 0.1) is 22.5 Å². The number of halogens is 1. The Hall–Kier alpha value is -3.76. The first-order chi connectivity index (χ1) is 15.2. The molecule has 0 atom stereocenters. The summed E-state index contributed by atoms with van der Waals surface area (Å²) in [4.78, 5) is 48.4. The molecule has 0 bridgehead atoms. The molecule has 3 aromatic rings. The number of nitro groups is 1. The Morgan fingerprint density at radius 3 is 2.38 bits per heavy atom. The highest BCUT2D eigenvalue weighted by Gasteiger charge is 2.27. The first-order valence-electron chi connectivity index (χ1n) is 9.05. The molecule has 0 aliphatic rings. The van der Waals surface area contributed by atoms with Crippen LogP contribution in [0.5, 0.6) is 0 Å². The zero-order valence-corrected chi connectivity index (χ0v) is 18.4. The molecular weight excluding hydrogens is 458 g/mol. The van der Waals surface area contributed by atoms with Crippen molar-refractivity contribution in [2.75, 3.05) is 17.7 Å². The van der Waals surface area contributed by atoms with Crippen LogP contribution in [-0.2, 0) is 4.74 Å². The summed E-state index contributed by atoms with van der Waals surface area (Å²) in [6, 6.07) is 11.6. The first-order valence-corrected chi connectivity index (χ1v) is 10.2. The fourth-order valence-corrected chi connectivity index (χ4v) is 4.03. The molecule has 0 unspecified atom stereocenters. The molecule has 0 fully saturated rings. The average Bonchev–Trinajstić information content (AvgIpc) is 3.10. The summed E-state index contributed by atoms with van der Waals surface area (Å²) in [6.07, 6.45) is 0. The monoisotopic (exact) mass is 473 g/mol. The maximum atomic E-state index is 12.8. The highest BCUT2D eigenvalue weighted by atomic mass is 35.5. The Labute approximate surface area is 191 Å². The van der Waals surface area contributed by atoms with Crippen LogP contribution in [0.15, 0.2) is 48.5 Å². The SMILES string of the molecule is COC(=O)c1c(NC(=O)c2cccc([N+](=O)[O-])c2)sc(C(=O)Nc2ccc(Cl)cc2)c1C. The van der Waals surface area contributed by atoms with Crippen LogP contribution in [0.1, 0.15) is 36.0 Å². The standard InChI is InChI=1S/C21H16ClN3O6S/c1-11-16(21(28)31-2)20(24-18(26)12-4-3-5-15(10-12)25(29)30)32-17(11)19(27)23-14-8-6-13(22)7-9-14/h3-10H,1-2H3,(H,23,27)(H,24,26). The van der Waals surface area contributed by atoms with Crippen LogP contribution in [0, 0.1) is 17.0 Å². The summed E-state index contributed by atoms with van der Waals surface area (Å²) in [5.74, 6) is -1.90. The zero-order chi connectivity index (χ0) is 23.4. The average molecular weight is 474 g/mol. The molecule has 164 valence electrons. The van der Waals surface area contributed by atoms with Crippen LogP contribution in [0.4, 0.5) is 16.4 Å². The second kappa shape index (κ2) is 9.58. The Bertz CT molecular complexity index is 1220. The predicted molar refractivity (Wildman–Crippen MR) is 121 cm³/mol. The lowest BCUT2D eigenvalue weighted by molar-refractivity contribution is -0.384. The Kier molecular flexibility index (Phi) is 6.86. The van der Waals surface area contributed by atoms with E-state index in [1.165, 1.54) is 25.3 Å². The molecule has 0 aliphatic carbocycles. The third kappa shape index (κ3) is 4.93. The molecule has 2 N–H and O–H groups in total. The van der Waals surface area contributed by atoms with Gasteiger partial charge in [-0.05, 0) is 42.8 Å². The molecule has 0 saturated carbocycles. The largest absolute Gasteiger partial charge is 0.465 e. The van der Waals surface area contributed by atoms with E-state index in [4.69, 9.17) is 16.3 Å². The van der Waals surface area contributed by atoms with E-state index in [-0.39, 0.29) is 26.7 Å². The summed E-state index contributed by atoms with van der Waals surface area (Å²) < 4.78 is 4.80. The minimum Gasteiger partial charge on any atom is -0.465 e. The molecule has 0 aliphatic heterocycles. The molecule has 2 aromatic carbocycles. The Morgan fingerprint density at radius 2 is 1.75 bits per heavy atom. The number of nitrogens with one attached hydrogen (secondary N) is 2. The first kappa shape index (κ1) is 22.9. The topological polar surface area (TPSA) is 128 Å². The quantitative estimate of drug-likeness (QED) is 0.297. The lowest BCUT2D eigenvalue weighted by Gasteiger charge is -2.06. The van der Waals surface area contributed by atoms with E-state index in [2.05, 4.69) is 10.6 Å². The van der Waals surface area contributed by atoms with E-state index in [0.29, 0.717) is 16.3 Å². The van der Waals surface area contributed by atoms with Crippen LogP contribution < -0.4 is 10.6 Å². The van der Waals surface area contributed by atoms with Gasteiger partial charge in [-0.25, -0.2) is 4.79 Å². The number of esters is 1. The lowest BCUT2D eigenvalue weighted by Crippen LogP contribution is -2.14. The highest BCUT2D eigenvalue weighted by Crippen LogP contribution is 2.34. The number of carbonyl (C=O) groups excluding carboxylic acids is 3. The van der Waals surface area contributed by atoms with Crippen molar-refractivity contribution in [2.45, 2.75) is 6.92 Å². The highest BCUT2D eigenvalue weighted by molar-refractivity contribution is 7.19. The van der Waals surface area contributed by atoms with E-state index in [0.717, 1.165) is 17.4 Å². The van der Waals surface area contributed by atoms with Crippen LogP contribution in [0.25, 0.3) is 0 Å². The normalized spacial score (nSPS) is 10.3. The fourth-order valence-electron chi connectivity index (χ4n) is 2.82. The number of hydrogen-bond donors (Lipinski definition) is 2. The van der Waals surface area contributed by atoms with Gasteiger partial charge in [-0.1, -0.05) is 17.7 Å². The van der Waals surface area contributed by atoms with Crippen LogP contribution in [0.2, 0.25) is 5.02 Å². The molecule has 9 nitrogen and oxygen atoms in total. The van der Waals surface area contributed by atoms with Crippen molar-refractivity contribution in [3.05, 3.63) is 85.2 Å². The summed E-state index contributed by atoms with van der Waals surface area (Å²) in [5, 5.41) is 16.8. The Morgan fingerprint density at radius 1 is 1.06 bits per heavy atom. The van der Waals surface area contributed by atoms with E-state index in [1.807, 2.05) is 0 Å². The van der Waals surface area contributed by atoms with Crippen molar-refractivity contribution < 1.29 is 24.0 Å². The van der Waals surface area contributed by atoms with Gasteiger partial charge in [0.2, 0.25) is 0 Å². The number of amides is 2. The molecule has 32 heavy (non-hydrogen) atoms. The van der Waals surface area contributed by atoms with E-state index in [9.17, 15) is 24.5 Å². The second-order valence-corrected chi connectivity index (χ2v) is 7.93. The number of non-ortho nitro benzene ring substituents is 1. The molecule has 0 saturated heterocycles. The third-order valence-electron chi connectivity index (χ3n) is 4.39. The van der Waals surface area contributed by atoms with E-state index in [1.54, 1.807) is 31.2 Å². The van der Waals surface area contributed by atoms with Gasteiger partial charge in [0, 0.05) is 28.4 Å². The maximum Gasteiger partial charge on any atom is 0.341 e. The van der Waals surface area contributed by atoms with Crippen LogP contribution in [0.3, 0.4) is 0 Å². The van der Waals surface area contributed by atoms with Gasteiger partial charge in [-0.2, -0.15) is 0 Å². The second-order valence-electron chi connectivity index (χ2n) is 6.47. The molecule has 11 heteroatoms. The van der Waals surface area contributed by atoms with Crippen molar-refractivity contribution in [2.24, 2.45) is 0 Å². The number of nitrogens with zero attached hydrogens (tertiary/aromatic N) is 1. The van der Waals surface area contributed by atoms with Gasteiger partial charge in [0.25, 0.3) is 17.5 Å². The number of anilines is 2. The lowest BCUT2D eigenvalue weighted by atomic mass is 10.1. The van der Waals surface area contributed by atoms with Gasteiger partial charge in [0.15, 0.2) is 0 Å². The van der Waals surface area contributed by atoms with E-state index >= 15 is 0 Å². The minimum atomic E-state index is -0.737. The number of benzene rings is 2. The number of hydrogen-bond acceptors (Lipinski definition) is 7. The smallest absolute Gasteiger partial charge is 0.341 e. The number of rotatable bonds is 6. The van der Waals surface area contributed by atoms with Crippen LogP contribution in [-0.4, -0.2) is 29.8 Å². The van der Waals surface area contributed by atoms with Gasteiger partial charge < -0.3 is 15.4 Å². The summed E-state index contributed by atoms with van der Waals surface area (Å²) in [7, 11) is 1.18. The van der Waals surface area contributed by atoms with Crippen molar-refractivity contribution in [3.8, 4) is 0 Å².